The molecule has 1 aliphatic heterocycles. The van der Waals surface area contributed by atoms with Gasteiger partial charge in [0, 0.05) is 30.6 Å². The molecule has 1 saturated heterocycles. The second-order valence-electron chi connectivity index (χ2n) is 5.22. The molecule has 7 nitrogen and oxygen atoms in total. The number of aromatic nitrogens is 1. The summed E-state index contributed by atoms with van der Waals surface area (Å²) in [5.74, 6) is 0.644. The zero-order valence-corrected chi connectivity index (χ0v) is 13.4. The number of nitrogens with one attached hydrogen (secondary N) is 1. The molecule has 3 heterocycles. The number of nitro groups is 1. The van der Waals surface area contributed by atoms with Gasteiger partial charge in [-0.05, 0) is 17.5 Å². The van der Waals surface area contributed by atoms with E-state index >= 15 is 0 Å². The maximum Gasteiger partial charge on any atom is 0.287 e. The Balaban J connectivity index is 1.67. The molecule has 0 aromatic carbocycles. The highest BCUT2D eigenvalue weighted by molar-refractivity contribution is 7.10. The predicted octanol–water partition coefficient (Wildman–Crippen LogP) is 2.54. The predicted molar refractivity (Wildman–Crippen MR) is 88.8 cm³/mol. The van der Waals surface area contributed by atoms with Gasteiger partial charge in [0.25, 0.3) is 5.69 Å². The number of rotatable bonds is 6. The van der Waals surface area contributed by atoms with Gasteiger partial charge in [-0.1, -0.05) is 6.07 Å². The molecule has 1 atom stereocenters. The first-order valence-corrected chi connectivity index (χ1v) is 8.31. The van der Waals surface area contributed by atoms with Gasteiger partial charge in [-0.15, -0.1) is 11.3 Å². The molecular weight excluding hydrogens is 316 g/mol. The third-order valence-electron chi connectivity index (χ3n) is 3.79. The lowest BCUT2D eigenvalue weighted by Gasteiger charge is -2.34. The van der Waals surface area contributed by atoms with Gasteiger partial charge in [0.05, 0.1) is 24.2 Å². The number of hydrogen-bond acceptors (Lipinski definition) is 7. The van der Waals surface area contributed by atoms with Gasteiger partial charge in [-0.2, -0.15) is 0 Å². The smallest absolute Gasteiger partial charge is 0.287 e. The van der Waals surface area contributed by atoms with E-state index in [1.165, 1.54) is 17.1 Å². The third kappa shape index (κ3) is 4.04. The van der Waals surface area contributed by atoms with Crippen LogP contribution in [0.1, 0.15) is 10.9 Å². The minimum absolute atomic E-state index is 0.00136. The van der Waals surface area contributed by atoms with Crippen molar-refractivity contribution in [3.05, 3.63) is 50.8 Å². The third-order valence-corrected chi connectivity index (χ3v) is 4.77. The van der Waals surface area contributed by atoms with Crippen LogP contribution in [-0.2, 0) is 4.74 Å². The molecule has 0 unspecified atom stereocenters. The second-order valence-corrected chi connectivity index (χ2v) is 6.20. The summed E-state index contributed by atoms with van der Waals surface area (Å²) in [6, 6.07) is 7.54. The molecule has 0 amide bonds. The normalized spacial score (nSPS) is 16.9. The van der Waals surface area contributed by atoms with Crippen LogP contribution in [0.4, 0.5) is 11.5 Å². The van der Waals surface area contributed by atoms with Crippen molar-refractivity contribution in [2.45, 2.75) is 6.04 Å². The van der Waals surface area contributed by atoms with Gasteiger partial charge < -0.3 is 10.1 Å². The van der Waals surface area contributed by atoms with E-state index in [9.17, 15) is 10.1 Å². The summed E-state index contributed by atoms with van der Waals surface area (Å²) < 4.78 is 5.43. The molecule has 2 aromatic heterocycles. The average molecular weight is 334 g/mol. The van der Waals surface area contributed by atoms with E-state index in [0.29, 0.717) is 12.4 Å². The van der Waals surface area contributed by atoms with Crippen LogP contribution < -0.4 is 5.32 Å². The van der Waals surface area contributed by atoms with Crippen LogP contribution in [0.15, 0.2) is 35.8 Å². The summed E-state index contributed by atoms with van der Waals surface area (Å²) in [7, 11) is 0. The van der Waals surface area contributed by atoms with Crippen molar-refractivity contribution in [3.63, 3.8) is 0 Å². The maximum atomic E-state index is 10.7. The molecule has 0 radical (unpaired) electrons. The van der Waals surface area contributed by atoms with Crippen LogP contribution >= 0.6 is 11.3 Å². The summed E-state index contributed by atoms with van der Waals surface area (Å²) in [6.07, 6.45) is 1.28. The van der Waals surface area contributed by atoms with Crippen LogP contribution in [0.2, 0.25) is 0 Å². The summed E-state index contributed by atoms with van der Waals surface area (Å²) in [5.41, 5.74) is -0.00136. The van der Waals surface area contributed by atoms with Crippen molar-refractivity contribution >= 4 is 22.8 Å². The van der Waals surface area contributed by atoms with Crippen molar-refractivity contribution in [2.24, 2.45) is 0 Å². The fraction of sp³-hybridized carbons (Fsp3) is 0.400. The Morgan fingerprint density at radius 2 is 2.22 bits per heavy atom. The number of pyridine rings is 1. The first kappa shape index (κ1) is 15.9. The summed E-state index contributed by atoms with van der Waals surface area (Å²) in [6.45, 7) is 4.00. The van der Waals surface area contributed by atoms with E-state index in [1.54, 1.807) is 17.4 Å². The molecule has 1 N–H and O–H groups in total. The number of hydrogen-bond donors (Lipinski definition) is 1. The van der Waals surface area contributed by atoms with Gasteiger partial charge in [-0.3, -0.25) is 15.0 Å². The van der Waals surface area contributed by atoms with Gasteiger partial charge >= 0.3 is 0 Å². The summed E-state index contributed by atoms with van der Waals surface area (Å²) in [5, 5.41) is 16.0. The molecule has 0 bridgehead atoms. The maximum absolute atomic E-state index is 10.7. The number of nitrogens with zero attached hydrogens (tertiary/aromatic N) is 3. The first-order valence-electron chi connectivity index (χ1n) is 7.43. The molecule has 1 fully saturated rings. The Morgan fingerprint density at radius 1 is 1.39 bits per heavy atom. The molecule has 0 spiro atoms. The molecule has 0 aliphatic carbocycles. The monoisotopic (exact) mass is 334 g/mol. The molecule has 0 saturated carbocycles. The molecule has 3 rings (SSSR count). The highest BCUT2D eigenvalue weighted by Crippen LogP contribution is 2.26. The van der Waals surface area contributed by atoms with Crippen molar-refractivity contribution in [2.75, 3.05) is 38.2 Å². The lowest BCUT2D eigenvalue weighted by molar-refractivity contribution is -0.385. The SMILES string of the molecule is O=[N+]([O-])c1ccc(NC[C@@H](c2cccs2)N2CCOCC2)nc1. The Labute approximate surface area is 138 Å². The highest BCUT2D eigenvalue weighted by Gasteiger charge is 2.23. The van der Waals surface area contributed by atoms with Crippen molar-refractivity contribution < 1.29 is 9.66 Å². The second kappa shape index (κ2) is 7.49. The van der Waals surface area contributed by atoms with Gasteiger partial charge in [0.2, 0.25) is 0 Å². The van der Waals surface area contributed by atoms with Gasteiger partial charge in [-0.25, -0.2) is 4.98 Å². The zero-order valence-electron chi connectivity index (χ0n) is 12.6. The lowest BCUT2D eigenvalue weighted by Crippen LogP contribution is -2.41. The first-order chi connectivity index (χ1) is 11.2. The summed E-state index contributed by atoms with van der Waals surface area (Å²) in [4.78, 5) is 18.0. The van der Waals surface area contributed by atoms with E-state index in [0.717, 1.165) is 26.3 Å². The Morgan fingerprint density at radius 3 is 2.83 bits per heavy atom. The van der Waals surface area contributed by atoms with E-state index < -0.39 is 4.92 Å². The van der Waals surface area contributed by atoms with Crippen LogP contribution in [-0.4, -0.2) is 47.7 Å². The van der Waals surface area contributed by atoms with Crippen LogP contribution in [0.3, 0.4) is 0 Å². The lowest BCUT2D eigenvalue weighted by atomic mass is 10.2. The Hall–Kier alpha value is -2.03. The van der Waals surface area contributed by atoms with Crippen molar-refractivity contribution in [1.82, 2.24) is 9.88 Å². The van der Waals surface area contributed by atoms with E-state index in [-0.39, 0.29) is 11.7 Å². The van der Waals surface area contributed by atoms with Gasteiger partial charge in [0.15, 0.2) is 0 Å². The Bertz CT molecular complexity index is 627. The summed E-state index contributed by atoms with van der Waals surface area (Å²) >= 11 is 1.73. The molecule has 8 heteroatoms. The fourth-order valence-corrected chi connectivity index (χ4v) is 3.44. The molecule has 122 valence electrons. The van der Waals surface area contributed by atoms with E-state index in [1.807, 2.05) is 0 Å². The van der Waals surface area contributed by atoms with E-state index in [2.05, 4.69) is 32.7 Å². The molecular formula is C15H18N4O3S. The van der Waals surface area contributed by atoms with Crippen LogP contribution in [0.25, 0.3) is 0 Å². The number of thiophene rings is 1. The van der Waals surface area contributed by atoms with Crippen molar-refractivity contribution in [3.8, 4) is 0 Å². The number of anilines is 1. The average Bonchev–Trinajstić information content (AvgIpc) is 3.11. The van der Waals surface area contributed by atoms with Crippen molar-refractivity contribution in [1.29, 1.82) is 0 Å². The topological polar surface area (TPSA) is 80.5 Å². The zero-order chi connectivity index (χ0) is 16.1. The quantitative estimate of drug-likeness (QED) is 0.646. The minimum atomic E-state index is -0.445. The molecule has 2 aromatic rings. The van der Waals surface area contributed by atoms with Gasteiger partial charge in [0.1, 0.15) is 12.0 Å². The fourth-order valence-electron chi connectivity index (χ4n) is 2.58. The number of ether oxygens (including phenoxy) is 1. The highest BCUT2D eigenvalue weighted by atomic mass is 32.1. The molecule has 23 heavy (non-hydrogen) atoms. The molecule has 1 aliphatic rings. The largest absolute Gasteiger partial charge is 0.379 e. The number of morpholine rings is 1. The standard InChI is InChI=1S/C15H18N4O3S/c20-19(21)12-3-4-15(16-10-12)17-11-13(14-2-1-9-23-14)18-5-7-22-8-6-18/h1-4,9-10,13H,5-8,11H2,(H,16,17)/t13-/m0/s1. The minimum Gasteiger partial charge on any atom is -0.379 e. The van der Waals surface area contributed by atoms with Crippen LogP contribution in [0.5, 0.6) is 0 Å². The Kier molecular flexibility index (Phi) is 5.16. The van der Waals surface area contributed by atoms with E-state index in [4.69, 9.17) is 4.74 Å². The van der Waals surface area contributed by atoms with Crippen LogP contribution in [0, 0.1) is 10.1 Å².